The lowest BCUT2D eigenvalue weighted by Crippen LogP contribution is -2.40. The van der Waals surface area contributed by atoms with E-state index < -0.39 is 0 Å². The number of aromatic nitrogens is 1. The van der Waals surface area contributed by atoms with Crippen molar-refractivity contribution < 1.29 is 14.3 Å². The predicted octanol–water partition coefficient (Wildman–Crippen LogP) is 2.06. The molecule has 118 valence electrons. The molecule has 0 aliphatic rings. The summed E-state index contributed by atoms with van der Waals surface area (Å²) in [5, 5.41) is 5.14. The average molecular weight is 313 g/mol. The van der Waals surface area contributed by atoms with Crippen LogP contribution in [-0.4, -0.2) is 48.5 Å². The zero-order chi connectivity index (χ0) is 15.7. The van der Waals surface area contributed by atoms with Crippen LogP contribution in [0.5, 0.6) is 0 Å². The molecule has 1 aromatic rings. The molecule has 0 unspecified atom stereocenters. The Bertz CT molecular complexity index is 462. The Balaban J connectivity index is 2.53. The molecule has 7 heteroatoms. The molecular formula is C14H23N3O3S. The lowest BCUT2D eigenvalue weighted by molar-refractivity contribution is -0.138. The van der Waals surface area contributed by atoms with Crippen molar-refractivity contribution in [1.82, 2.24) is 9.88 Å². The minimum absolute atomic E-state index is 0.00420. The number of amides is 2. The second-order valence-electron chi connectivity index (χ2n) is 4.80. The fourth-order valence-electron chi connectivity index (χ4n) is 1.80. The number of nitrogens with one attached hydrogen (secondary N) is 1. The Morgan fingerprint density at radius 2 is 2.19 bits per heavy atom. The summed E-state index contributed by atoms with van der Waals surface area (Å²) in [7, 11) is 1.47. The number of carbonyl (C=O) groups excluding carboxylic acids is 2. The highest BCUT2D eigenvalue weighted by atomic mass is 32.1. The third kappa shape index (κ3) is 6.68. The van der Waals surface area contributed by atoms with Crippen LogP contribution in [0.15, 0.2) is 5.38 Å². The topological polar surface area (TPSA) is 71.5 Å². The molecule has 0 aliphatic carbocycles. The summed E-state index contributed by atoms with van der Waals surface area (Å²) in [6, 6.07) is 0. The molecule has 1 N–H and O–H groups in total. The van der Waals surface area contributed by atoms with Crippen molar-refractivity contribution in [2.24, 2.45) is 0 Å². The number of hydrogen-bond acceptors (Lipinski definition) is 5. The highest BCUT2D eigenvalue weighted by molar-refractivity contribution is 7.13. The van der Waals surface area contributed by atoms with Crippen LogP contribution >= 0.6 is 11.3 Å². The molecule has 0 atom stereocenters. The molecule has 0 spiro atoms. The van der Waals surface area contributed by atoms with E-state index in [-0.39, 0.29) is 25.0 Å². The first kappa shape index (κ1) is 17.6. The standard InChI is InChI=1S/C14H23N3O3S/c1-4-5-6-7-17(13(19)9-20-3)8-12(18)16-14-15-11(2)10-21-14/h10H,4-9H2,1-3H3,(H,15,16,18). The maximum atomic E-state index is 12.0. The minimum atomic E-state index is -0.231. The molecule has 1 rings (SSSR count). The van der Waals surface area contributed by atoms with E-state index in [0.717, 1.165) is 25.0 Å². The molecule has 0 aliphatic heterocycles. The van der Waals surface area contributed by atoms with Gasteiger partial charge in [-0.15, -0.1) is 11.3 Å². The number of hydrogen-bond donors (Lipinski definition) is 1. The number of carbonyl (C=O) groups is 2. The van der Waals surface area contributed by atoms with Crippen LogP contribution in [0.4, 0.5) is 5.13 Å². The number of methoxy groups -OCH3 is 1. The molecule has 0 saturated carbocycles. The second kappa shape index (κ2) is 9.46. The number of rotatable bonds is 9. The van der Waals surface area contributed by atoms with Crippen LogP contribution in [0.2, 0.25) is 0 Å². The molecule has 6 nitrogen and oxygen atoms in total. The minimum Gasteiger partial charge on any atom is -0.375 e. The zero-order valence-electron chi connectivity index (χ0n) is 12.8. The number of anilines is 1. The summed E-state index contributed by atoms with van der Waals surface area (Å²) in [6.07, 6.45) is 2.98. The molecule has 1 aromatic heterocycles. The molecule has 0 aromatic carbocycles. The van der Waals surface area contributed by atoms with E-state index in [1.54, 1.807) is 0 Å². The summed E-state index contributed by atoms with van der Waals surface area (Å²) in [4.78, 5) is 29.6. The van der Waals surface area contributed by atoms with Crippen molar-refractivity contribution in [3.8, 4) is 0 Å². The third-order valence-corrected chi connectivity index (χ3v) is 3.73. The van der Waals surface area contributed by atoms with Crippen LogP contribution in [0.3, 0.4) is 0 Å². The second-order valence-corrected chi connectivity index (χ2v) is 5.66. The molecule has 0 bridgehead atoms. The van der Waals surface area contributed by atoms with Gasteiger partial charge in [-0.2, -0.15) is 0 Å². The summed E-state index contributed by atoms with van der Waals surface area (Å²) in [6.45, 7) is 4.56. The van der Waals surface area contributed by atoms with E-state index in [0.29, 0.717) is 11.7 Å². The van der Waals surface area contributed by atoms with Gasteiger partial charge in [-0.25, -0.2) is 4.98 Å². The summed E-state index contributed by atoms with van der Waals surface area (Å²) >= 11 is 1.37. The quantitative estimate of drug-likeness (QED) is 0.708. The van der Waals surface area contributed by atoms with Crippen molar-refractivity contribution in [1.29, 1.82) is 0 Å². The van der Waals surface area contributed by atoms with Crippen molar-refractivity contribution in [2.45, 2.75) is 33.1 Å². The molecule has 2 amide bonds. The highest BCUT2D eigenvalue weighted by Gasteiger charge is 2.17. The first-order valence-electron chi connectivity index (χ1n) is 7.05. The van der Waals surface area contributed by atoms with E-state index in [2.05, 4.69) is 17.2 Å². The maximum absolute atomic E-state index is 12.0. The van der Waals surface area contributed by atoms with Gasteiger partial charge >= 0.3 is 0 Å². The average Bonchev–Trinajstić information content (AvgIpc) is 2.83. The largest absolute Gasteiger partial charge is 0.375 e. The summed E-state index contributed by atoms with van der Waals surface area (Å²) in [5.41, 5.74) is 0.866. The lowest BCUT2D eigenvalue weighted by atomic mass is 10.2. The van der Waals surface area contributed by atoms with Crippen molar-refractivity contribution in [3.05, 3.63) is 11.1 Å². The van der Waals surface area contributed by atoms with Gasteiger partial charge in [0.15, 0.2) is 5.13 Å². The van der Waals surface area contributed by atoms with E-state index in [4.69, 9.17) is 4.74 Å². The predicted molar refractivity (Wildman–Crippen MR) is 83.5 cm³/mol. The van der Waals surface area contributed by atoms with Gasteiger partial charge in [0, 0.05) is 19.0 Å². The molecule has 1 heterocycles. The number of unbranched alkanes of at least 4 members (excludes halogenated alkanes) is 2. The van der Waals surface area contributed by atoms with Crippen molar-refractivity contribution >= 4 is 28.3 Å². The number of aryl methyl sites for hydroxylation is 1. The molecule has 0 radical (unpaired) electrons. The van der Waals surface area contributed by atoms with Gasteiger partial charge in [0.25, 0.3) is 0 Å². The lowest BCUT2D eigenvalue weighted by Gasteiger charge is -2.21. The molecule has 21 heavy (non-hydrogen) atoms. The monoisotopic (exact) mass is 313 g/mol. The van der Waals surface area contributed by atoms with Gasteiger partial charge in [-0.1, -0.05) is 19.8 Å². The fraction of sp³-hybridized carbons (Fsp3) is 0.643. The van der Waals surface area contributed by atoms with Crippen LogP contribution in [-0.2, 0) is 14.3 Å². The van der Waals surface area contributed by atoms with E-state index >= 15 is 0 Å². The van der Waals surface area contributed by atoms with Crippen LogP contribution in [0.25, 0.3) is 0 Å². The summed E-state index contributed by atoms with van der Waals surface area (Å²) in [5.74, 6) is -0.399. The zero-order valence-corrected chi connectivity index (χ0v) is 13.7. The highest BCUT2D eigenvalue weighted by Crippen LogP contribution is 2.14. The van der Waals surface area contributed by atoms with Crippen LogP contribution in [0.1, 0.15) is 31.9 Å². The Labute approximate surface area is 129 Å². The number of thiazole rings is 1. The Morgan fingerprint density at radius 1 is 1.43 bits per heavy atom. The Morgan fingerprint density at radius 3 is 2.76 bits per heavy atom. The summed E-state index contributed by atoms with van der Waals surface area (Å²) < 4.78 is 4.86. The molecule has 0 saturated heterocycles. The first-order valence-corrected chi connectivity index (χ1v) is 7.93. The number of ether oxygens (including phenoxy) is 1. The van der Waals surface area contributed by atoms with Crippen LogP contribution < -0.4 is 5.32 Å². The Kier molecular flexibility index (Phi) is 7.92. The van der Waals surface area contributed by atoms with Gasteiger partial charge in [0.2, 0.25) is 11.8 Å². The molecular weight excluding hydrogens is 290 g/mol. The smallest absolute Gasteiger partial charge is 0.249 e. The van der Waals surface area contributed by atoms with Gasteiger partial charge in [0.05, 0.1) is 12.2 Å². The first-order chi connectivity index (χ1) is 10.1. The van der Waals surface area contributed by atoms with E-state index in [1.165, 1.54) is 23.3 Å². The fourth-order valence-corrected chi connectivity index (χ4v) is 2.51. The normalized spacial score (nSPS) is 10.4. The molecule has 0 fully saturated rings. The maximum Gasteiger partial charge on any atom is 0.249 e. The van der Waals surface area contributed by atoms with E-state index in [9.17, 15) is 9.59 Å². The van der Waals surface area contributed by atoms with Gasteiger partial charge < -0.3 is 15.0 Å². The van der Waals surface area contributed by atoms with Gasteiger partial charge in [-0.3, -0.25) is 9.59 Å². The van der Waals surface area contributed by atoms with Gasteiger partial charge in [0.1, 0.15) is 6.61 Å². The van der Waals surface area contributed by atoms with Crippen molar-refractivity contribution in [3.63, 3.8) is 0 Å². The van der Waals surface area contributed by atoms with E-state index in [1.807, 2.05) is 12.3 Å². The number of nitrogens with zero attached hydrogens (tertiary/aromatic N) is 2. The SMILES string of the molecule is CCCCCN(CC(=O)Nc1nc(C)cs1)C(=O)COC. The third-order valence-electron chi connectivity index (χ3n) is 2.85. The van der Waals surface area contributed by atoms with Gasteiger partial charge in [-0.05, 0) is 13.3 Å². The van der Waals surface area contributed by atoms with Crippen LogP contribution in [0, 0.1) is 6.92 Å². The van der Waals surface area contributed by atoms with Crippen molar-refractivity contribution in [2.75, 3.05) is 32.1 Å². The Hall–Kier alpha value is -1.47.